The lowest BCUT2D eigenvalue weighted by atomic mass is 10.0. The van der Waals surface area contributed by atoms with Crippen LogP contribution in [0, 0.1) is 5.92 Å². The van der Waals surface area contributed by atoms with Gasteiger partial charge >= 0.3 is 0 Å². The second kappa shape index (κ2) is 9.18. The van der Waals surface area contributed by atoms with E-state index >= 15 is 0 Å². The van der Waals surface area contributed by atoms with Gasteiger partial charge in [0, 0.05) is 6.54 Å². The molecule has 0 fully saturated rings. The number of likely N-dealkylation sites (N-methyl/N-ethyl adjacent to an activating group) is 1. The molecule has 1 aromatic carbocycles. The molecule has 120 valence electrons. The summed E-state index contributed by atoms with van der Waals surface area (Å²) in [7, 11) is -3.38. The fourth-order valence-electron chi connectivity index (χ4n) is 2.13. The number of rotatable bonds is 10. The van der Waals surface area contributed by atoms with E-state index in [1.165, 1.54) is 0 Å². The molecule has 2 N–H and O–H groups in total. The molecule has 0 amide bonds. The molecule has 0 radical (unpaired) electrons. The molecule has 4 nitrogen and oxygen atoms in total. The highest BCUT2D eigenvalue weighted by molar-refractivity contribution is 7.89. The van der Waals surface area contributed by atoms with Crippen molar-refractivity contribution in [1.29, 1.82) is 0 Å². The molecule has 21 heavy (non-hydrogen) atoms. The number of nitrogens with one attached hydrogen (secondary N) is 2. The van der Waals surface area contributed by atoms with Gasteiger partial charge in [-0.05, 0) is 43.1 Å². The molecule has 0 bridgehead atoms. The first kappa shape index (κ1) is 18.1. The second-order valence-electron chi connectivity index (χ2n) is 5.28. The van der Waals surface area contributed by atoms with Crippen LogP contribution in [0.2, 0.25) is 0 Å². The maximum Gasteiger partial charge on any atom is 0.240 e. The van der Waals surface area contributed by atoms with E-state index in [2.05, 4.69) is 30.8 Å². The Balaban J connectivity index is 2.62. The summed E-state index contributed by atoms with van der Waals surface area (Å²) in [5.41, 5.74) is 1.15. The lowest BCUT2D eigenvalue weighted by molar-refractivity contribution is 0.479. The maximum atomic E-state index is 12.2. The molecule has 0 saturated carbocycles. The SMILES string of the molecule is CCNCCc1ccc(S(=O)(=O)NCC(CC)CC)cc1. The second-order valence-corrected chi connectivity index (χ2v) is 7.05. The highest BCUT2D eigenvalue weighted by Gasteiger charge is 2.15. The highest BCUT2D eigenvalue weighted by atomic mass is 32.2. The van der Waals surface area contributed by atoms with Crippen molar-refractivity contribution >= 4 is 10.0 Å². The fourth-order valence-corrected chi connectivity index (χ4v) is 3.25. The average molecular weight is 312 g/mol. The van der Waals surface area contributed by atoms with Crippen LogP contribution in [-0.2, 0) is 16.4 Å². The quantitative estimate of drug-likeness (QED) is 0.653. The Bertz CT molecular complexity index is 494. The van der Waals surface area contributed by atoms with Crippen LogP contribution in [0.1, 0.15) is 39.2 Å². The lowest BCUT2D eigenvalue weighted by Gasteiger charge is -2.13. The molecule has 0 unspecified atom stereocenters. The summed E-state index contributed by atoms with van der Waals surface area (Å²) in [6.07, 6.45) is 2.89. The Labute approximate surface area is 129 Å². The van der Waals surface area contributed by atoms with Crippen molar-refractivity contribution in [3.63, 3.8) is 0 Å². The van der Waals surface area contributed by atoms with Crippen molar-refractivity contribution in [2.24, 2.45) is 5.92 Å². The molecule has 5 heteroatoms. The van der Waals surface area contributed by atoms with Crippen LogP contribution in [0.25, 0.3) is 0 Å². The van der Waals surface area contributed by atoms with Crippen molar-refractivity contribution in [2.75, 3.05) is 19.6 Å². The van der Waals surface area contributed by atoms with Crippen LogP contribution >= 0.6 is 0 Å². The van der Waals surface area contributed by atoms with Crippen LogP contribution in [0.15, 0.2) is 29.2 Å². The molecule has 0 aliphatic carbocycles. The van der Waals surface area contributed by atoms with Crippen molar-refractivity contribution in [1.82, 2.24) is 10.0 Å². The van der Waals surface area contributed by atoms with E-state index in [0.717, 1.165) is 37.9 Å². The summed E-state index contributed by atoms with van der Waals surface area (Å²) < 4.78 is 27.1. The summed E-state index contributed by atoms with van der Waals surface area (Å²) >= 11 is 0. The van der Waals surface area contributed by atoms with E-state index < -0.39 is 10.0 Å². The Morgan fingerprint density at radius 2 is 1.67 bits per heavy atom. The molecule has 0 aliphatic rings. The van der Waals surface area contributed by atoms with Gasteiger partial charge < -0.3 is 5.32 Å². The summed E-state index contributed by atoms with van der Waals surface area (Å²) in [5, 5.41) is 3.26. The third-order valence-corrected chi connectivity index (χ3v) is 5.23. The number of hydrogen-bond donors (Lipinski definition) is 2. The normalized spacial score (nSPS) is 12.0. The molecular formula is C16H28N2O2S. The van der Waals surface area contributed by atoms with E-state index in [-0.39, 0.29) is 0 Å². The van der Waals surface area contributed by atoms with Crippen molar-refractivity contribution in [3.05, 3.63) is 29.8 Å². The molecule has 0 spiro atoms. The van der Waals surface area contributed by atoms with Gasteiger partial charge in [0.2, 0.25) is 10.0 Å². The highest BCUT2D eigenvalue weighted by Crippen LogP contribution is 2.12. The van der Waals surface area contributed by atoms with Gasteiger partial charge in [-0.15, -0.1) is 0 Å². The third-order valence-electron chi connectivity index (χ3n) is 3.79. The summed E-state index contributed by atoms with van der Waals surface area (Å²) in [4.78, 5) is 0.348. The largest absolute Gasteiger partial charge is 0.317 e. The zero-order valence-corrected chi connectivity index (χ0v) is 14.2. The Kier molecular flexibility index (Phi) is 7.93. The Hall–Kier alpha value is -0.910. The monoisotopic (exact) mass is 312 g/mol. The zero-order valence-electron chi connectivity index (χ0n) is 13.4. The fraction of sp³-hybridized carbons (Fsp3) is 0.625. The molecule has 0 aliphatic heterocycles. The summed E-state index contributed by atoms with van der Waals surface area (Å²) in [6.45, 7) is 8.61. The molecule has 0 saturated heterocycles. The smallest absolute Gasteiger partial charge is 0.240 e. The molecule has 0 atom stereocenters. The van der Waals surface area contributed by atoms with E-state index in [9.17, 15) is 8.42 Å². The molecule has 1 aromatic rings. The van der Waals surface area contributed by atoms with Crippen LogP contribution in [0.3, 0.4) is 0 Å². The first-order chi connectivity index (χ1) is 10.0. The van der Waals surface area contributed by atoms with Gasteiger partial charge in [-0.2, -0.15) is 0 Å². The minimum Gasteiger partial charge on any atom is -0.317 e. The standard InChI is InChI=1S/C16H28N2O2S/c1-4-14(5-2)13-18-21(19,20)16-9-7-15(8-10-16)11-12-17-6-3/h7-10,14,17-18H,4-6,11-13H2,1-3H3. The number of hydrogen-bond acceptors (Lipinski definition) is 3. The Morgan fingerprint density at radius 3 is 2.19 bits per heavy atom. The van der Waals surface area contributed by atoms with E-state index in [1.54, 1.807) is 12.1 Å². The maximum absolute atomic E-state index is 12.2. The lowest BCUT2D eigenvalue weighted by Crippen LogP contribution is -2.29. The summed E-state index contributed by atoms with van der Waals surface area (Å²) in [6, 6.07) is 7.17. The van der Waals surface area contributed by atoms with Gasteiger partial charge in [-0.3, -0.25) is 0 Å². The molecular weight excluding hydrogens is 284 g/mol. The van der Waals surface area contributed by atoms with Crippen LogP contribution in [-0.4, -0.2) is 28.1 Å². The van der Waals surface area contributed by atoms with E-state index in [0.29, 0.717) is 17.4 Å². The van der Waals surface area contributed by atoms with E-state index in [1.807, 2.05) is 12.1 Å². The topological polar surface area (TPSA) is 58.2 Å². The molecule has 0 aromatic heterocycles. The van der Waals surface area contributed by atoms with Gasteiger partial charge in [0.05, 0.1) is 4.90 Å². The van der Waals surface area contributed by atoms with Gasteiger partial charge in [0.1, 0.15) is 0 Å². The average Bonchev–Trinajstić information content (AvgIpc) is 2.49. The minimum atomic E-state index is -3.38. The zero-order chi connectivity index (χ0) is 15.7. The van der Waals surface area contributed by atoms with Gasteiger partial charge in [-0.25, -0.2) is 13.1 Å². The third kappa shape index (κ3) is 6.16. The van der Waals surface area contributed by atoms with E-state index in [4.69, 9.17) is 0 Å². The van der Waals surface area contributed by atoms with Crippen molar-refractivity contribution in [3.8, 4) is 0 Å². The van der Waals surface area contributed by atoms with Crippen LogP contribution < -0.4 is 10.0 Å². The first-order valence-electron chi connectivity index (χ1n) is 7.82. The minimum absolute atomic E-state index is 0.348. The van der Waals surface area contributed by atoms with Crippen molar-refractivity contribution in [2.45, 2.75) is 44.9 Å². The molecule has 0 heterocycles. The van der Waals surface area contributed by atoms with Gasteiger partial charge in [-0.1, -0.05) is 45.7 Å². The summed E-state index contributed by atoms with van der Waals surface area (Å²) in [5.74, 6) is 0.402. The first-order valence-corrected chi connectivity index (χ1v) is 9.31. The van der Waals surface area contributed by atoms with Crippen LogP contribution in [0.4, 0.5) is 0 Å². The Morgan fingerprint density at radius 1 is 1.05 bits per heavy atom. The van der Waals surface area contributed by atoms with Crippen LogP contribution in [0.5, 0.6) is 0 Å². The number of sulfonamides is 1. The molecule has 1 rings (SSSR count). The number of benzene rings is 1. The van der Waals surface area contributed by atoms with Gasteiger partial charge in [0.15, 0.2) is 0 Å². The predicted molar refractivity (Wildman–Crippen MR) is 88.0 cm³/mol. The predicted octanol–water partition coefficient (Wildman–Crippen LogP) is 2.55. The van der Waals surface area contributed by atoms with Gasteiger partial charge in [0.25, 0.3) is 0 Å². The van der Waals surface area contributed by atoms with Crippen molar-refractivity contribution < 1.29 is 8.42 Å².